The van der Waals surface area contributed by atoms with Gasteiger partial charge in [-0.1, -0.05) is 39.8 Å². The van der Waals surface area contributed by atoms with Crippen LogP contribution in [-0.4, -0.2) is 33.6 Å². The van der Waals surface area contributed by atoms with Crippen molar-refractivity contribution < 1.29 is 13.9 Å². The molecule has 2 aromatic carbocycles. The lowest BCUT2D eigenvalue weighted by atomic mass is 10.0. The summed E-state index contributed by atoms with van der Waals surface area (Å²) in [6.45, 7) is 11.5. The van der Waals surface area contributed by atoms with Gasteiger partial charge in [-0.3, -0.25) is 9.69 Å². The number of anilines is 2. The summed E-state index contributed by atoms with van der Waals surface area (Å²) in [5, 5.41) is 9.38. The lowest BCUT2D eigenvalue weighted by molar-refractivity contribution is -0.120. The van der Waals surface area contributed by atoms with Gasteiger partial charge in [-0.2, -0.15) is 5.26 Å². The number of carbonyl (C=O) groups is 1. The van der Waals surface area contributed by atoms with E-state index < -0.39 is 11.4 Å². The fourth-order valence-electron chi connectivity index (χ4n) is 4.15. The molecule has 0 aliphatic carbocycles. The first-order valence-electron chi connectivity index (χ1n) is 12.8. The first-order valence-corrected chi connectivity index (χ1v) is 13.2. The number of rotatable bonds is 7. The zero-order valence-corrected chi connectivity index (χ0v) is 23.9. The quantitative estimate of drug-likeness (QED) is 0.343. The van der Waals surface area contributed by atoms with Crippen LogP contribution in [0.3, 0.4) is 0 Å². The van der Waals surface area contributed by atoms with Gasteiger partial charge < -0.3 is 14.6 Å². The molecule has 1 N–H and O–H groups in total. The van der Waals surface area contributed by atoms with Crippen molar-refractivity contribution in [3.8, 4) is 11.8 Å². The molecule has 0 unspecified atom stereocenters. The third-order valence-corrected chi connectivity index (χ3v) is 6.30. The Labute approximate surface area is 230 Å². The molecule has 1 fully saturated rings. The van der Waals surface area contributed by atoms with Gasteiger partial charge in [0.05, 0.1) is 18.4 Å². The number of thiocarbonyl (C=S) groups is 1. The summed E-state index contributed by atoms with van der Waals surface area (Å²) in [5.74, 6) is -0.427. The number of aryl methyl sites for hydroxylation is 2. The molecule has 7 nitrogen and oxygen atoms in total. The molecular weight excluding hydrogens is 501 g/mol. The smallest absolute Gasteiger partial charge is 0.259 e. The molecule has 1 aliphatic heterocycles. The van der Waals surface area contributed by atoms with E-state index in [0.717, 1.165) is 36.3 Å². The van der Waals surface area contributed by atoms with E-state index in [4.69, 9.17) is 17.0 Å². The molecular formula is C29H36FN5O2S. The maximum absolute atomic E-state index is 15.2. The second-order valence-electron chi connectivity index (χ2n) is 8.46. The highest BCUT2D eigenvalue weighted by Crippen LogP contribution is 2.39. The molecule has 202 valence electrons. The van der Waals surface area contributed by atoms with Crippen molar-refractivity contribution in [3.05, 3.63) is 71.6 Å². The van der Waals surface area contributed by atoms with E-state index in [1.54, 1.807) is 24.9 Å². The molecule has 0 radical (unpaired) electrons. The summed E-state index contributed by atoms with van der Waals surface area (Å²) in [6.07, 6.45) is 6.26. The molecule has 1 amide bonds. The highest BCUT2D eigenvalue weighted by molar-refractivity contribution is 7.81. The zero-order valence-electron chi connectivity index (χ0n) is 23.1. The molecule has 1 aromatic heterocycles. The first kappa shape index (κ1) is 30.5. The summed E-state index contributed by atoms with van der Waals surface area (Å²) in [5.41, 5.74) is 0.854. The van der Waals surface area contributed by atoms with Crippen LogP contribution >= 0.6 is 12.2 Å². The average molecular weight is 538 g/mol. The van der Waals surface area contributed by atoms with Crippen LogP contribution in [0.25, 0.3) is 0 Å². The van der Waals surface area contributed by atoms with E-state index in [9.17, 15) is 10.1 Å². The van der Waals surface area contributed by atoms with E-state index in [-0.39, 0.29) is 28.0 Å². The number of hydrogen-bond donors (Lipinski definition) is 1. The molecule has 3 aromatic rings. The number of nitrogens with zero attached hydrogens (tertiary/aromatic N) is 4. The van der Waals surface area contributed by atoms with Crippen molar-refractivity contribution in [1.82, 2.24) is 9.97 Å². The molecule has 2 heterocycles. The summed E-state index contributed by atoms with van der Waals surface area (Å²) in [6, 6.07) is 12.5. The third kappa shape index (κ3) is 6.03. The van der Waals surface area contributed by atoms with E-state index in [1.165, 1.54) is 24.1 Å². The van der Waals surface area contributed by atoms with Gasteiger partial charge >= 0.3 is 0 Å². The SMILES string of the molecule is CC.CC.COc1c(C#N)ccc(N2C(=O)C(C)(C)N(c3ccc(CCCc4ncc[nH]4)cc3)C2=S)c1F. The number of carbonyl (C=O) groups excluding carboxylic acids is 1. The lowest BCUT2D eigenvalue weighted by Gasteiger charge is -2.29. The first-order chi connectivity index (χ1) is 18.3. The molecule has 0 saturated carbocycles. The van der Waals surface area contributed by atoms with E-state index >= 15 is 4.39 Å². The number of nitriles is 1. The van der Waals surface area contributed by atoms with Gasteiger partial charge in [-0.05, 0) is 68.7 Å². The van der Waals surface area contributed by atoms with Crippen molar-refractivity contribution >= 4 is 34.6 Å². The number of ether oxygens (including phenoxy) is 1. The predicted octanol–water partition coefficient (Wildman–Crippen LogP) is 6.57. The number of aromatic amines is 1. The van der Waals surface area contributed by atoms with Crippen LogP contribution in [0.5, 0.6) is 5.75 Å². The monoisotopic (exact) mass is 537 g/mol. The van der Waals surface area contributed by atoms with E-state index in [0.29, 0.717) is 0 Å². The van der Waals surface area contributed by atoms with Crippen LogP contribution in [0.2, 0.25) is 0 Å². The zero-order chi connectivity index (χ0) is 28.5. The van der Waals surface area contributed by atoms with Crippen LogP contribution in [0, 0.1) is 17.1 Å². The summed E-state index contributed by atoms with van der Waals surface area (Å²) in [4.78, 5) is 23.6. The van der Waals surface area contributed by atoms with Crippen molar-refractivity contribution in [2.75, 3.05) is 16.9 Å². The topological polar surface area (TPSA) is 85.2 Å². The highest BCUT2D eigenvalue weighted by atomic mass is 32.1. The number of H-pyrrole nitrogens is 1. The predicted molar refractivity (Wildman–Crippen MR) is 154 cm³/mol. The van der Waals surface area contributed by atoms with Gasteiger partial charge in [0.2, 0.25) is 0 Å². The number of methoxy groups -OCH3 is 1. The third-order valence-electron chi connectivity index (χ3n) is 5.94. The molecule has 1 saturated heterocycles. The van der Waals surface area contributed by atoms with Crippen molar-refractivity contribution in [3.63, 3.8) is 0 Å². The molecule has 1 aliphatic rings. The maximum Gasteiger partial charge on any atom is 0.259 e. The summed E-state index contributed by atoms with van der Waals surface area (Å²) < 4.78 is 20.3. The number of halogens is 1. The number of nitrogens with one attached hydrogen (secondary N) is 1. The molecule has 9 heteroatoms. The molecule has 0 bridgehead atoms. The highest BCUT2D eigenvalue weighted by Gasteiger charge is 2.51. The lowest BCUT2D eigenvalue weighted by Crippen LogP contribution is -2.44. The van der Waals surface area contributed by atoms with E-state index in [2.05, 4.69) is 9.97 Å². The Balaban J connectivity index is 0.00000121. The fraction of sp³-hybridized carbons (Fsp3) is 0.379. The largest absolute Gasteiger partial charge is 0.492 e. The van der Waals surface area contributed by atoms with Crippen molar-refractivity contribution in [1.29, 1.82) is 5.26 Å². The minimum atomic E-state index is -1.04. The van der Waals surface area contributed by atoms with Gasteiger partial charge in [0.1, 0.15) is 17.4 Å². The van der Waals surface area contributed by atoms with Crippen LogP contribution in [-0.2, 0) is 17.6 Å². The number of amides is 1. The summed E-state index contributed by atoms with van der Waals surface area (Å²) in [7, 11) is 1.28. The van der Waals surface area contributed by atoms with Crippen LogP contribution in [0.15, 0.2) is 48.8 Å². The molecule has 0 atom stereocenters. The van der Waals surface area contributed by atoms with Gasteiger partial charge in [-0.25, -0.2) is 9.37 Å². The number of aromatic nitrogens is 2. The van der Waals surface area contributed by atoms with Crippen LogP contribution in [0.1, 0.15) is 64.9 Å². The normalized spacial score (nSPS) is 13.8. The van der Waals surface area contributed by atoms with Gasteiger partial charge in [0, 0.05) is 24.5 Å². The van der Waals surface area contributed by atoms with Gasteiger partial charge in [-0.15, -0.1) is 0 Å². The molecule has 38 heavy (non-hydrogen) atoms. The second-order valence-corrected chi connectivity index (χ2v) is 8.83. The number of hydrogen-bond acceptors (Lipinski definition) is 5. The van der Waals surface area contributed by atoms with Crippen LogP contribution < -0.4 is 14.5 Å². The Kier molecular flexibility index (Phi) is 11.0. The second kappa shape index (κ2) is 13.7. The average Bonchev–Trinajstić information content (AvgIpc) is 3.51. The fourth-order valence-corrected chi connectivity index (χ4v) is 4.67. The van der Waals surface area contributed by atoms with E-state index in [1.807, 2.05) is 64.2 Å². The van der Waals surface area contributed by atoms with Gasteiger partial charge in [0.15, 0.2) is 16.7 Å². The number of imidazole rings is 1. The Bertz CT molecular complexity index is 1270. The standard InChI is InChI=1S/C25H24FN5O2S.2C2H6/c1-25(2)23(32)30(19-12-9-17(15-27)22(33-3)21(19)26)24(34)31(25)18-10-7-16(8-11-18)5-4-6-20-28-13-14-29-20;2*1-2/h7-14H,4-6H2,1-3H3,(H,28,29);2*1-2H3. The molecule has 4 rings (SSSR count). The van der Waals surface area contributed by atoms with Gasteiger partial charge in [0.25, 0.3) is 5.91 Å². The minimum absolute atomic E-state index is 0.0417. The number of benzene rings is 2. The minimum Gasteiger partial charge on any atom is -0.492 e. The molecule has 0 spiro atoms. The Morgan fingerprint density at radius 2 is 1.76 bits per heavy atom. The van der Waals surface area contributed by atoms with Crippen molar-refractivity contribution in [2.45, 2.75) is 66.3 Å². The summed E-state index contributed by atoms with van der Waals surface area (Å²) >= 11 is 5.65. The Morgan fingerprint density at radius 3 is 2.32 bits per heavy atom. The maximum atomic E-state index is 15.2. The Hall–Kier alpha value is -3.77. The van der Waals surface area contributed by atoms with Crippen LogP contribution in [0.4, 0.5) is 15.8 Å². The van der Waals surface area contributed by atoms with Crippen molar-refractivity contribution in [2.24, 2.45) is 0 Å². The Morgan fingerprint density at radius 1 is 1.11 bits per heavy atom.